The molecule has 0 aliphatic heterocycles. The van der Waals surface area contributed by atoms with Crippen molar-refractivity contribution in [3.8, 4) is 16.9 Å². The van der Waals surface area contributed by atoms with Crippen LogP contribution in [0.2, 0.25) is 10.0 Å². The van der Waals surface area contributed by atoms with E-state index in [1.165, 1.54) is 6.20 Å². The van der Waals surface area contributed by atoms with Crippen LogP contribution in [0, 0.1) is 6.92 Å². The van der Waals surface area contributed by atoms with Crippen LogP contribution >= 0.6 is 23.2 Å². The third-order valence-corrected chi connectivity index (χ3v) is 5.66. The van der Waals surface area contributed by atoms with E-state index in [0.717, 1.165) is 28.3 Å². The van der Waals surface area contributed by atoms with Crippen molar-refractivity contribution in [2.24, 2.45) is 0 Å². The number of hydrogen-bond acceptors (Lipinski definition) is 5. The van der Waals surface area contributed by atoms with Gasteiger partial charge in [-0.1, -0.05) is 46.1 Å². The molecule has 35 heavy (non-hydrogen) atoms. The number of nitrogens with zero attached hydrogens (tertiary/aromatic N) is 4. The van der Waals surface area contributed by atoms with Crippen LogP contribution in [0.15, 0.2) is 79.0 Å². The van der Waals surface area contributed by atoms with E-state index in [-0.39, 0.29) is 5.91 Å². The molecule has 0 radical (unpaired) electrons. The maximum Gasteiger partial charge on any atom is 0.256 e. The maximum atomic E-state index is 12.4. The lowest BCUT2D eigenvalue weighted by atomic mass is 10.1. The molecule has 8 nitrogen and oxygen atoms in total. The second-order valence-corrected chi connectivity index (χ2v) is 8.71. The van der Waals surface area contributed by atoms with Gasteiger partial charge in [-0.15, -0.1) is 5.10 Å². The molecule has 174 valence electrons. The normalized spacial score (nSPS) is 10.8. The molecular formula is C25H19Cl2N7O. The van der Waals surface area contributed by atoms with Gasteiger partial charge in [-0.25, -0.2) is 4.68 Å². The van der Waals surface area contributed by atoms with Gasteiger partial charge in [0.25, 0.3) is 5.91 Å². The number of benzene rings is 3. The Morgan fingerprint density at radius 2 is 1.66 bits per heavy atom. The Morgan fingerprint density at radius 3 is 2.31 bits per heavy atom. The number of amides is 1. The fourth-order valence-corrected chi connectivity index (χ4v) is 4.03. The lowest BCUT2D eigenvalue weighted by Crippen LogP contribution is -2.12. The molecule has 0 unspecified atom stereocenters. The second-order valence-electron chi connectivity index (χ2n) is 7.84. The van der Waals surface area contributed by atoms with Gasteiger partial charge in [-0.2, -0.15) is 5.10 Å². The van der Waals surface area contributed by atoms with Gasteiger partial charge in [-0.3, -0.25) is 9.89 Å². The first-order valence-electron chi connectivity index (χ1n) is 10.6. The number of anilines is 3. The molecular weight excluding hydrogens is 485 g/mol. The SMILES string of the molecule is Cc1ccc(-n2nc(-c3cc(Cl)cc(Cl)c3)cc2Nc2ccc(C(=O)Nc3c[nH]nn3)cc2)cc1. The van der Waals surface area contributed by atoms with Crippen LogP contribution in [0.25, 0.3) is 16.9 Å². The fraction of sp³-hybridized carbons (Fsp3) is 0.0400. The smallest absolute Gasteiger partial charge is 0.256 e. The Kier molecular flexibility index (Phi) is 6.22. The standard InChI is InChI=1S/C25H19Cl2N7O/c1-15-2-8-21(9-3-15)34-24(13-22(32-34)17-10-18(26)12-19(27)11-17)29-20-6-4-16(5-7-20)25(35)30-23-14-28-33-31-23/h2-14,29H,1H3,(H2,28,30,31,33,35). The van der Waals surface area contributed by atoms with E-state index in [1.807, 2.05) is 66.2 Å². The van der Waals surface area contributed by atoms with Crippen molar-refractivity contribution >= 4 is 46.4 Å². The number of hydrogen-bond donors (Lipinski definition) is 3. The summed E-state index contributed by atoms with van der Waals surface area (Å²) in [6.45, 7) is 2.03. The van der Waals surface area contributed by atoms with Gasteiger partial charge in [0.2, 0.25) is 0 Å². The van der Waals surface area contributed by atoms with Crippen molar-refractivity contribution in [1.29, 1.82) is 0 Å². The minimum absolute atomic E-state index is 0.282. The fourth-order valence-electron chi connectivity index (χ4n) is 3.50. The van der Waals surface area contributed by atoms with Crippen LogP contribution in [-0.4, -0.2) is 31.1 Å². The molecule has 5 aromatic rings. The van der Waals surface area contributed by atoms with Crippen LogP contribution in [0.5, 0.6) is 0 Å². The monoisotopic (exact) mass is 503 g/mol. The van der Waals surface area contributed by atoms with E-state index in [0.29, 0.717) is 27.1 Å². The highest BCUT2D eigenvalue weighted by Gasteiger charge is 2.14. The third-order valence-electron chi connectivity index (χ3n) is 5.22. The van der Waals surface area contributed by atoms with Gasteiger partial charge >= 0.3 is 0 Å². The number of rotatable bonds is 6. The number of carbonyl (C=O) groups is 1. The number of nitrogens with one attached hydrogen (secondary N) is 3. The first-order valence-corrected chi connectivity index (χ1v) is 11.4. The molecule has 0 saturated heterocycles. The largest absolute Gasteiger partial charge is 0.340 e. The van der Waals surface area contributed by atoms with E-state index < -0.39 is 0 Å². The zero-order valence-corrected chi connectivity index (χ0v) is 20.0. The average Bonchev–Trinajstić information content (AvgIpc) is 3.50. The molecule has 3 N–H and O–H groups in total. The number of aryl methyl sites for hydroxylation is 1. The zero-order chi connectivity index (χ0) is 24.4. The van der Waals surface area contributed by atoms with Crippen LogP contribution in [0.1, 0.15) is 15.9 Å². The van der Waals surface area contributed by atoms with Gasteiger partial charge < -0.3 is 10.6 Å². The minimum Gasteiger partial charge on any atom is -0.340 e. The Morgan fingerprint density at radius 1 is 0.943 bits per heavy atom. The number of halogens is 2. The van der Waals surface area contributed by atoms with Crippen LogP contribution in [0.3, 0.4) is 0 Å². The highest BCUT2D eigenvalue weighted by molar-refractivity contribution is 6.35. The summed E-state index contributed by atoms with van der Waals surface area (Å²) >= 11 is 12.4. The summed E-state index contributed by atoms with van der Waals surface area (Å²) in [7, 11) is 0. The first-order chi connectivity index (χ1) is 16.9. The highest BCUT2D eigenvalue weighted by atomic mass is 35.5. The predicted molar refractivity (Wildman–Crippen MR) is 138 cm³/mol. The van der Waals surface area contributed by atoms with E-state index in [9.17, 15) is 4.79 Å². The van der Waals surface area contributed by atoms with Crippen LogP contribution in [-0.2, 0) is 0 Å². The van der Waals surface area contributed by atoms with Crippen molar-refractivity contribution in [1.82, 2.24) is 25.2 Å². The number of carbonyl (C=O) groups excluding carboxylic acids is 1. The summed E-state index contributed by atoms with van der Waals surface area (Å²) in [5, 5.41) is 21.8. The van der Waals surface area contributed by atoms with Crippen LogP contribution in [0.4, 0.5) is 17.3 Å². The van der Waals surface area contributed by atoms with Gasteiger partial charge in [0.15, 0.2) is 5.82 Å². The van der Waals surface area contributed by atoms with E-state index >= 15 is 0 Å². The molecule has 0 spiro atoms. The van der Waals surface area contributed by atoms with Crippen molar-refractivity contribution in [2.45, 2.75) is 6.92 Å². The molecule has 5 rings (SSSR count). The molecule has 0 saturated carbocycles. The maximum absolute atomic E-state index is 12.4. The van der Waals surface area contributed by atoms with Crippen LogP contribution < -0.4 is 10.6 Å². The van der Waals surface area contributed by atoms with Crippen molar-refractivity contribution in [2.75, 3.05) is 10.6 Å². The molecule has 0 aliphatic rings. The minimum atomic E-state index is -0.282. The quantitative estimate of drug-likeness (QED) is 0.253. The summed E-state index contributed by atoms with van der Waals surface area (Å²) in [5.41, 5.74) is 4.82. The molecule has 10 heteroatoms. The Hall–Kier alpha value is -4.14. The summed E-state index contributed by atoms with van der Waals surface area (Å²) in [4.78, 5) is 12.4. The molecule has 1 amide bonds. The van der Waals surface area contributed by atoms with E-state index in [2.05, 4.69) is 26.0 Å². The van der Waals surface area contributed by atoms with Crippen molar-refractivity contribution in [3.05, 3.63) is 100 Å². The zero-order valence-electron chi connectivity index (χ0n) is 18.5. The Bertz CT molecular complexity index is 1460. The number of H-pyrrole nitrogens is 1. The lowest BCUT2D eigenvalue weighted by Gasteiger charge is -2.10. The predicted octanol–water partition coefficient (Wildman–Crippen LogP) is 6.27. The summed E-state index contributed by atoms with van der Waals surface area (Å²) in [6, 6.07) is 22.4. The van der Waals surface area contributed by atoms with Crippen molar-refractivity contribution in [3.63, 3.8) is 0 Å². The van der Waals surface area contributed by atoms with Crippen molar-refractivity contribution < 1.29 is 4.79 Å². The summed E-state index contributed by atoms with van der Waals surface area (Å²) in [5.74, 6) is 0.808. The average molecular weight is 504 g/mol. The summed E-state index contributed by atoms with van der Waals surface area (Å²) < 4.78 is 1.81. The van der Waals surface area contributed by atoms with Gasteiger partial charge in [-0.05, 0) is 61.5 Å². The highest BCUT2D eigenvalue weighted by Crippen LogP contribution is 2.31. The molecule has 3 aromatic carbocycles. The number of aromatic nitrogens is 5. The molecule has 0 aliphatic carbocycles. The van der Waals surface area contributed by atoms with E-state index in [1.54, 1.807) is 18.2 Å². The van der Waals surface area contributed by atoms with Gasteiger partial charge in [0.05, 0.1) is 17.6 Å². The summed E-state index contributed by atoms with van der Waals surface area (Å²) in [6.07, 6.45) is 1.50. The molecule has 0 atom stereocenters. The molecule has 2 aromatic heterocycles. The number of aromatic amines is 1. The lowest BCUT2D eigenvalue weighted by molar-refractivity contribution is 0.102. The Labute approximate surface area is 210 Å². The van der Waals surface area contributed by atoms with Gasteiger partial charge in [0, 0.05) is 32.9 Å². The molecule has 2 heterocycles. The third kappa shape index (κ3) is 5.18. The molecule has 0 bridgehead atoms. The second kappa shape index (κ2) is 9.61. The first kappa shape index (κ1) is 22.6. The van der Waals surface area contributed by atoms with Gasteiger partial charge in [0.1, 0.15) is 5.82 Å². The van der Waals surface area contributed by atoms with E-state index in [4.69, 9.17) is 28.3 Å². The molecule has 0 fully saturated rings. The Balaban J connectivity index is 1.45. The topological polar surface area (TPSA) is 101 Å².